The fourth-order valence-corrected chi connectivity index (χ4v) is 5.88. The van der Waals surface area contributed by atoms with E-state index >= 15 is 0 Å². The average molecular weight is 697 g/mol. The summed E-state index contributed by atoms with van der Waals surface area (Å²) in [4.78, 5) is 81.8. The Bertz CT molecular complexity index is 1070. The van der Waals surface area contributed by atoms with Crippen molar-refractivity contribution in [3.05, 3.63) is 0 Å². The quantitative estimate of drug-likeness (QED) is 0.109. The van der Waals surface area contributed by atoms with E-state index in [-0.39, 0.29) is 12.5 Å². The van der Waals surface area contributed by atoms with Crippen LogP contribution in [-0.2, 0) is 33.5 Å². The number of amides is 5. The minimum absolute atomic E-state index is 0.318. The number of ether oxygens (including phenoxy) is 1. The third-order valence-corrected chi connectivity index (χ3v) is 9.38. The van der Waals surface area contributed by atoms with Gasteiger partial charge in [0.1, 0.15) is 36.8 Å². The lowest BCUT2D eigenvalue weighted by Crippen LogP contribution is -2.62. The van der Waals surface area contributed by atoms with Gasteiger partial charge in [-0.25, -0.2) is 0 Å². The van der Waals surface area contributed by atoms with E-state index in [0.29, 0.717) is 32.1 Å². The Hall–Kier alpha value is -3.26. The number of aliphatic hydroxyl groups excluding tert-OH is 1. The molecule has 0 spiro atoms. The van der Waals surface area contributed by atoms with E-state index in [4.69, 9.17) is 10.5 Å². The first kappa shape index (κ1) is 43.8. The van der Waals surface area contributed by atoms with Gasteiger partial charge in [-0.2, -0.15) is 0 Å². The van der Waals surface area contributed by atoms with E-state index in [1.165, 1.54) is 38.1 Å². The van der Waals surface area contributed by atoms with E-state index in [1.54, 1.807) is 13.8 Å². The van der Waals surface area contributed by atoms with Gasteiger partial charge in [0.15, 0.2) is 0 Å². The fourth-order valence-electron chi connectivity index (χ4n) is 5.88. The number of hydrogen-bond acceptors (Lipinski definition) is 9. The highest BCUT2D eigenvalue weighted by Gasteiger charge is 2.38. The van der Waals surface area contributed by atoms with E-state index < -0.39 is 84.3 Å². The Morgan fingerprint density at radius 1 is 0.796 bits per heavy atom. The van der Waals surface area contributed by atoms with Gasteiger partial charge in [-0.15, -0.1) is 0 Å². The molecule has 1 aliphatic rings. The summed E-state index contributed by atoms with van der Waals surface area (Å²) in [6.45, 7) is 9.72. The lowest BCUT2D eigenvalue weighted by molar-refractivity contribution is -0.157. The molecule has 1 fully saturated rings. The van der Waals surface area contributed by atoms with Gasteiger partial charge >= 0.3 is 5.97 Å². The average Bonchev–Trinajstić information content (AvgIpc) is 3.07. The molecule has 49 heavy (non-hydrogen) atoms. The number of unbranched alkanes of at least 4 members (excludes halogenated alkanes) is 7. The fraction of sp³-hybridized carbons (Fsp3) is 0.829. The Labute approximate surface area is 292 Å². The van der Waals surface area contributed by atoms with Crippen LogP contribution in [0.2, 0.25) is 0 Å². The van der Waals surface area contributed by atoms with E-state index in [9.17, 15) is 33.9 Å². The molecule has 0 aromatic heterocycles. The Kier molecular flexibility index (Phi) is 20.7. The Balaban J connectivity index is 3.45. The molecule has 7 N–H and O–H groups in total. The number of nitrogens with zero attached hydrogens (tertiary/aromatic N) is 1. The lowest BCUT2D eigenvalue weighted by Gasteiger charge is -2.34. The molecule has 0 bridgehead atoms. The smallest absolute Gasteiger partial charge is 0.325 e. The van der Waals surface area contributed by atoms with Crippen LogP contribution in [0.4, 0.5) is 0 Å². The second-order valence-electron chi connectivity index (χ2n) is 13.4. The molecule has 0 saturated carbocycles. The zero-order chi connectivity index (χ0) is 37.1. The van der Waals surface area contributed by atoms with Crippen molar-refractivity contribution in [2.24, 2.45) is 17.6 Å². The van der Waals surface area contributed by atoms with Crippen molar-refractivity contribution >= 4 is 35.5 Å². The van der Waals surface area contributed by atoms with Crippen LogP contribution in [0.5, 0.6) is 0 Å². The number of cyclic esters (lactones) is 1. The first-order valence-corrected chi connectivity index (χ1v) is 18.3. The highest BCUT2D eigenvalue weighted by molar-refractivity contribution is 5.96. The summed E-state index contributed by atoms with van der Waals surface area (Å²) in [7, 11) is 1.53. The normalized spacial score (nSPS) is 26.7. The number of carbonyl (C=O) groups is 6. The molecule has 282 valence electrons. The molecule has 0 aliphatic carbocycles. The van der Waals surface area contributed by atoms with Gasteiger partial charge in [-0.3, -0.25) is 28.8 Å². The second kappa shape index (κ2) is 23.2. The molecule has 2 unspecified atom stereocenters. The number of nitrogens with one attached hydrogen (secondary N) is 4. The molecule has 0 aromatic rings. The number of rotatable bonds is 15. The largest absolute Gasteiger partial charge is 0.460 e. The van der Waals surface area contributed by atoms with Gasteiger partial charge in [0, 0.05) is 13.6 Å². The monoisotopic (exact) mass is 696 g/mol. The van der Waals surface area contributed by atoms with Crippen LogP contribution in [0.1, 0.15) is 119 Å². The van der Waals surface area contributed by atoms with Crippen molar-refractivity contribution in [3.63, 3.8) is 0 Å². The maximum Gasteiger partial charge on any atom is 0.325 e. The molecule has 1 rings (SSSR count). The number of nitrogens with two attached hydrogens (primary N) is 1. The Morgan fingerprint density at radius 3 is 1.94 bits per heavy atom. The van der Waals surface area contributed by atoms with Crippen LogP contribution in [0.25, 0.3) is 0 Å². The van der Waals surface area contributed by atoms with Crippen molar-refractivity contribution < 1.29 is 38.6 Å². The van der Waals surface area contributed by atoms with Crippen LogP contribution < -0.4 is 27.0 Å². The minimum atomic E-state index is -1.48. The Morgan fingerprint density at radius 2 is 1.39 bits per heavy atom. The third kappa shape index (κ3) is 14.6. The summed E-state index contributed by atoms with van der Waals surface area (Å²) in [6, 6.07) is -4.75. The van der Waals surface area contributed by atoms with Gasteiger partial charge in [0.2, 0.25) is 29.5 Å². The first-order chi connectivity index (χ1) is 23.2. The minimum Gasteiger partial charge on any atom is -0.460 e. The summed E-state index contributed by atoms with van der Waals surface area (Å²) in [5.74, 6) is -5.23. The summed E-state index contributed by atoms with van der Waals surface area (Å²) >= 11 is 0. The van der Waals surface area contributed by atoms with Gasteiger partial charge in [0.05, 0.1) is 12.0 Å². The maximum atomic E-state index is 13.9. The molecule has 1 aliphatic heterocycles. The standard InChI is InChI=1S/C35H64N6O8/c1-8-11-12-13-14-15-16-17-19-27-23(5)35(48)41(7)26(18-9-2)32(45)39-29(22(4)10-3)34(47)38-25(20-36)31(44)40-30(24(6)42)33(46)37-21-28(43)49-27/h22-27,29-30,42H,8-21,36H2,1-7H3,(H,37,46)(H,38,47)(H,39,45)(H,40,44)/t22?,23-,24?,25+,26+,27-,29+,30+/m1/s1. The molecule has 1 heterocycles. The molecule has 8 atom stereocenters. The highest BCUT2D eigenvalue weighted by atomic mass is 16.5. The SMILES string of the molecule is CCCCCCCCCC[C@H]1OC(=O)CNC(=O)[C@H](C(C)O)NC(=O)[C@H](CN)NC(=O)[C@H](C(C)CC)NC(=O)[C@H](CCC)N(C)C(=O)[C@@H]1C. The molecule has 1 saturated heterocycles. The van der Waals surface area contributed by atoms with Crippen molar-refractivity contribution in [3.8, 4) is 0 Å². The predicted molar refractivity (Wildman–Crippen MR) is 187 cm³/mol. The molecule has 0 aromatic carbocycles. The number of aliphatic hydroxyl groups is 1. The zero-order valence-electron chi connectivity index (χ0n) is 30.8. The van der Waals surface area contributed by atoms with Crippen molar-refractivity contribution in [1.82, 2.24) is 26.2 Å². The molecule has 0 radical (unpaired) electrons. The molecular weight excluding hydrogens is 632 g/mol. The van der Waals surface area contributed by atoms with Crippen LogP contribution in [0.3, 0.4) is 0 Å². The van der Waals surface area contributed by atoms with E-state index in [0.717, 1.165) is 25.7 Å². The van der Waals surface area contributed by atoms with Crippen LogP contribution >= 0.6 is 0 Å². The zero-order valence-corrected chi connectivity index (χ0v) is 30.8. The van der Waals surface area contributed by atoms with Gasteiger partial charge in [-0.05, 0) is 32.1 Å². The third-order valence-electron chi connectivity index (χ3n) is 9.38. The van der Waals surface area contributed by atoms with Crippen LogP contribution in [0, 0.1) is 11.8 Å². The summed E-state index contributed by atoms with van der Waals surface area (Å²) in [5, 5.41) is 20.5. The van der Waals surface area contributed by atoms with Crippen LogP contribution in [0.15, 0.2) is 0 Å². The van der Waals surface area contributed by atoms with Crippen molar-refractivity contribution in [1.29, 1.82) is 0 Å². The summed E-state index contributed by atoms with van der Waals surface area (Å²) in [6.07, 6.45) is 8.07. The lowest BCUT2D eigenvalue weighted by atomic mass is 9.95. The van der Waals surface area contributed by atoms with Crippen molar-refractivity contribution in [2.75, 3.05) is 20.1 Å². The number of esters is 1. The number of likely N-dealkylation sites (N-methyl/N-ethyl adjacent to an activating group) is 1. The summed E-state index contributed by atoms with van der Waals surface area (Å²) in [5.41, 5.74) is 5.81. The molecule has 14 heteroatoms. The second-order valence-corrected chi connectivity index (χ2v) is 13.4. The first-order valence-electron chi connectivity index (χ1n) is 18.3. The molecular formula is C35H64N6O8. The topological polar surface area (TPSA) is 209 Å². The molecule has 14 nitrogen and oxygen atoms in total. The van der Waals surface area contributed by atoms with E-state index in [2.05, 4.69) is 28.2 Å². The van der Waals surface area contributed by atoms with Crippen LogP contribution in [-0.4, -0.2) is 102 Å². The van der Waals surface area contributed by atoms with Crippen molar-refractivity contribution in [2.45, 2.75) is 155 Å². The summed E-state index contributed by atoms with van der Waals surface area (Å²) < 4.78 is 5.78. The predicted octanol–water partition coefficient (Wildman–Crippen LogP) is 1.66. The number of carbonyl (C=O) groups excluding carboxylic acids is 6. The maximum absolute atomic E-state index is 13.9. The van der Waals surface area contributed by atoms with E-state index in [1.807, 2.05) is 13.8 Å². The highest BCUT2D eigenvalue weighted by Crippen LogP contribution is 2.21. The van der Waals surface area contributed by atoms with Gasteiger partial charge in [0.25, 0.3) is 0 Å². The molecule has 5 amide bonds. The number of hydrogen-bond donors (Lipinski definition) is 6. The van der Waals surface area contributed by atoms with Gasteiger partial charge < -0.3 is 41.7 Å². The van der Waals surface area contributed by atoms with Gasteiger partial charge in [-0.1, -0.05) is 92.4 Å².